The molecule has 0 aromatic rings. The van der Waals surface area contributed by atoms with Gasteiger partial charge >= 0.3 is 5.97 Å². The summed E-state index contributed by atoms with van der Waals surface area (Å²) in [5, 5.41) is 11.8. The lowest BCUT2D eigenvalue weighted by Crippen LogP contribution is -2.40. The van der Waals surface area contributed by atoms with Gasteiger partial charge < -0.3 is 10.4 Å². The van der Waals surface area contributed by atoms with E-state index in [2.05, 4.69) is 11.9 Å². The van der Waals surface area contributed by atoms with Crippen molar-refractivity contribution in [3.63, 3.8) is 0 Å². The molecule has 2 rings (SSSR count). The van der Waals surface area contributed by atoms with Gasteiger partial charge in [-0.05, 0) is 18.3 Å². The second-order valence-corrected chi connectivity index (χ2v) is 4.37. The van der Waals surface area contributed by atoms with Crippen LogP contribution in [0.3, 0.4) is 0 Å². The zero-order valence-corrected chi connectivity index (χ0v) is 8.93. The Morgan fingerprint density at radius 3 is 2.56 bits per heavy atom. The van der Waals surface area contributed by atoms with Crippen LogP contribution in [0.25, 0.3) is 0 Å². The van der Waals surface area contributed by atoms with Crippen LogP contribution in [0.5, 0.6) is 0 Å². The number of carbonyl (C=O) groups excluding carboxylic acids is 1. The lowest BCUT2D eigenvalue weighted by Gasteiger charge is -2.23. The number of carbonyl (C=O) groups is 2. The Labute approximate surface area is 94.0 Å². The van der Waals surface area contributed by atoms with Crippen molar-refractivity contribution in [3.05, 3.63) is 24.8 Å². The topological polar surface area (TPSA) is 66.4 Å². The highest BCUT2D eigenvalue weighted by molar-refractivity contribution is 5.86. The summed E-state index contributed by atoms with van der Waals surface area (Å²) in [5.74, 6) is -1.87. The summed E-state index contributed by atoms with van der Waals surface area (Å²) in [4.78, 5) is 23.0. The van der Waals surface area contributed by atoms with Crippen molar-refractivity contribution in [2.45, 2.75) is 6.42 Å². The monoisotopic (exact) mass is 221 g/mol. The fraction of sp³-hybridized carbons (Fsp3) is 0.500. The number of carboxylic acids is 1. The van der Waals surface area contributed by atoms with Crippen LogP contribution in [0, 0.1) is 23.7 Å². The molecule has 4 heteroatoms. The Morgan fingerprint density at radius 2 is 2.00 bits per heavy atom. The Balaban J connectivity index is 2.13. The summed E-state index contributed by atoms with van der Waals surface area (Å²) in [5.41, 5.74) is 0. The first kappa shape index (κ1) is 10.9. The van der Waals surface area contributed by atoms with Gasteiger partial charge in [0.15, 0.2) is 0 Å². The molecule has 2 aliphatic rings. The predicted molar refractivity (Wildman–Crippen MR) is 58.6 cm³/mol. The van der Waals surface area contributed by atoms with E-state index in [1.165, 1.54) is 0 Å². The zero-order valence-electron chi connectivity index (χ0n) is 8.93. The molecule has 1 fully saturated rings. The minimum Gasteiger partial charge on any atom is -0.481 e. The lowest BCUT2D eigenvalue weighted by molar-refractivity contribution is -0.147. The quantitative estimate of drug-likeness (QED) is 0.690. The molecule has 2 bridgehead atoms. The highest BCUT2D eigenvalue weighted by atomic mass is 16.4. The molecule has 0 heterocycles. The molecule has 1 saturated carbocycles. The minimum atomic E-state index is -0.865. The van der Waals surface area contributed by atoms with E-state index in [1.54, 1.807) is 6.08 Å². The third-order valence-corrected chi connectivity index (χ3v) is 3.47. The van der Waals surface area contributed by atoms with Gasteiger partial charge in [0.25, 0.3) is 0 Å². The maximum Gasteiger partial charge on any atom is 0.307 e. The normalized spacial score (nSPS) is 35.0. The number of fused-ring (bicyclic) bond motifs is 2. The van der Waals surface area contributed by atoms with Crippen LogP contribution in [0.1, 0.15) is 6.42 Å². The van der Waals surface area contributed by atoms with E-state index in [9.17, 15) is 9.59 Å². The Morgan fingerprint density at radius 1 is 1.38 bits per heavy atom. The van der Waals surface area contributed by atoms with Gasteiger partial charge in [0.1, 0.15) is 0 Å². The van der Waals surface area contributed by atoms with Gasteiger partial charge in [0, 0.05) is 6.54 Å². The number of rotatable bonds is 4. The van der Waals surface area contributed by atoms with Crippen LogP contribution in [-0.4, -0.2) is 23.5 Å². The van der Waals surface area contributed by atoms with Crippen molar-refractivity contribution >= 4 is 11.9 Å². The molecule has 0 radical (unpaired) electrons. The summed E-state index contributed by atoms with van der Waals surface area (Å²) >= 11 is 0. The van der Waals surface area contributed by atoms with Crippen molar-refractivity contribution in [1.82, 2.24) is 5.32 Å². The van der Waals surface area contributed by atoms with Crippen molar-refractivity contribution < 1.29 is 14.7 Å². The van der Waals surface area contributed by atoms with E-state index in [1.807, 2.05) is 12.2 Å². The van der Waals surface area contributed by atoms with Crippen LogP contribution < -0.4 is 5.32 Å². The fourth-order valence-electron chi connectivity index (χ4n) is 2.81. The van der Waals surface area contributed by atoms with Gasteiger partial charge in [-0.15, -0.1) is 6.58 Å². The van der Waals surface area contributed by atoms with Gasteiger partial charge in [0.05, 0.1) is 11.8 Å². The van der Waals surface area contributed by atoms with Gasteiger partial charge in [0.2, 0.25) is 5.91 Å². The molecule has 0 aromatic heterocycles. The Kier molecular flexibility index (Phi) is 2.81. The number of amides is 1. The maximum atomic E-state index is 11.9. The van der Waals surface area contributed by atoms with Crippen LogP contribution in [0.15, 0.2) is 24.8 Å². The average Bonchev–Trinajstić information content (AvgIpc) is 2.84. The van der Waals surface area contributed by atoms with Crippen molar-refractivity contribution in [2.24, 2.45) is 23.7 Å². The molecule has 2 N–H and O–H groups in total. The van der Waals surface area contributed by atoms with Crippen LogP contribution in [0.4, 0.5) is 0 Å². The summed E-state index contributed by atoms with van der Waals surface area (Å²) in [6.07, 6.45) is 6.29. The van der Waals surface area contributed by atoms with Gasteiger partial charge in [-0.25, -0.2) is 0 Å². The Bertz CT molecular complexity index is 361. The van der Waals surface area contributed by atoms with Crippen LogP contribution in [0.2, 0.25) is 0 Å². The maximum absolute atomic E-state index is 11.9. The minimum absolute atomic E-state index is 0.0296. The highest BCUT2D eigenvalue weighted by Crippen LogP contribution is 2.48. The molecule has 0 spiro atoms. The Hall–Kier alpha value is -1.58. The molecule has 16 heavy (non-hydrogen) atoms. The van der Waals surface area contributed by atoms with Gasteiger partial charge in [-0.2, -0.15) is 0 Å². The number of carboxylic acid groups (broad SMARTS) is 1. The summed E-state index contributed by atoms with van der Waals surface area (Å²) in [7, 11) is 0. The first-order valence-electron chi connectivity index (χ1n) is 5.45. The fourth-order valence-corrected chi connectivity index (χ4v) is 2.81. The van der Waals surface area contributed by atoms with Crippen molar-refractivity contribution in [3.8, 4) is 0 Å². The molecule has 4 atom stereocenters. The smallest absolute Gasteiger partial charge is 0.307 e. The average molecular weight is 221 g/mol. The molecular weight excluding hydrogens is 206 g/mol. The standard InChI is InChI=1S/C12H15NO3/c1-2-5-13-11(14)9-7-3-4-8(6-7)10(9)12(15)16/h2-4,7-10H,1,5-6H2,(H,13,14)(H,15,16)/t7-,8-,9+,10-/m0/s1. The molecular formula is C12H15NO3. The van der Waals surface area contributed by atoms with Crippen LogP contribution >= 0.6 is 0 Å². The van der Waals surface area contributed by atoms with E-state index in [4.69, 9.17) is 5.11 Å². The largest absolute Gasteiger partial charge is 0.481 e. The van der Waals surface area contributed by atoms with Gasteiger partial charge in [-0.1, -0.05) is 18.2 Å². The molecule has 86 valence electrons. The number of aliphatic carboxylic acids is 1. The first-order chi connectivity index (χ1) is 7.65. The number of nitrogens with one attached hydrogen (secondary N) is 1. The molecule has 0 saturated heterocycles. The molecule has 0 unspecified atom stereocenters. The molecule has 0 aromatic carbocycles. The summed E-state index contributed by atoms with van der Waals surface area (Å²) in [6, 6.07) is 0. The number of hydrogen-bond acceptors (Lipinski definition) is 2. The van der Waals surface area contributed by atoms with E-state index in [0.717, 1.165) is 6.42 Å². The number of allylic oxidation sites excluding steroid dienone is 2. The SMILES string of the molecule is C=CCNC(=O)[C@H]1[C@@H](C(=O)O)[C@H]2C=C[C@H]1C2. The molecule has 1 amide bonds. The van der Waals surface area contributed by atoms with E-state index < -0.39 is 17.8 Å². The first-order valence-corrected chi connectivity index (χ1v) is 5.45. The predicted octanol–water partition coefficient (Wildman–Crippen LogP) is 0.811. The van der Waals surface area contributed by atoms with E-state index in [0.29, 0.717) is 6.54 Å². The van der Waals surface area contributed by atoms with E-state index in [-0.39, 0.29) is 17.7 Å². The van der Waals surface area contributed by atoms with Crippen LogP contribution in [-0.2, 0) is 9.59 Å². The summed E-state index contributed by atoms with van der Waals surface area (Å²) in [6.45, 7) is 3.91. The van der Waals surface area contributed by atoms with E-state index >= 15 is 0 Å². The van der Waals surface area contributed by atoms with Crippen molar-refractivity contribution in [2.75, 3.05) is 6.54 Å². The molecule has 4 nitrogen and oxygen atoms in total. The number of hydrogen-bond donors (Lipinski definition) is 2. The second kappa shape index (κ2) is 4.12. The van der Waals surface area contributed by atoms with Gasteiger partial charge in [-0.3, -0.25) is 9.59 Å². The summed E-state index contributed by atoms with van der Waals surface area (Å²) < 4.78 is 0. The molecule has 2 aliphatic carbocycles. The second-order valence-electron chi connectivity index (χ2n) is 4.37. The third-order valence-electron chi connectivity index (χ3n) is 3.47. The lowest BCUT2D eigenvalue weighted by atomic mass is 9.82. The van der Waals surface area contributed by atoms with Crippen molar-refractivity contribution in [1.29, 1.82) is 0 Å². The third kappa shape index (κ3) is 1.64. The highest BCUT2D eigenvalue weighted by Gasteiger charge is 2.51. The molecule has 0 aliphatic heterocycles. The zero-order chi connectivity index (χ0) is 11.7.